The van der Waals surface area contributed by atoms with Gasteiger partial charge in [-0.2, -0.15) is 15.1 Å². The molecular formula is C25H27ClFN7OS. The molecule has 4 aromatic rings. The summed E-state index contributed by atoms with van der Waals surface area (Å²) in [5, 5.41) is 5.69. The van der Waals surface area contributed by atoms with Crippen molar-refractivity contribution in [1.29, 1.82) is 0 Å². The molecule has 6 rings (SSSR count). The van der Waals surface area contributed by atoms with E-state index >= 15 is 4.39 Å². The monoisotopic (exact) mass is 527 g/mol. The van der Waals surface area contributed by atoms with Gasteiger partial charge in [-0.25, -0.2) is 9.37 Å². The minimum Gasteiger partial charge on any atom is -0.367 e. The highest BCUT2D eigenvalue weighted by Crippen LogP contribution is 2.39. The molecule has 1 saturated carbocycles. The number of benzene rings is 1. The first kappa shape index (κ1) is 23.6. The molecular weight excluding hydrogens is 501 g/mol. The summed E-state index contributed by atoms with van der Waals surface area (Å²) in [6.07, 6.45) is 6.13. The number of hydrogen-bond donors (Lipinski definition) is 0. The van der Waals surface area contributed by atoms with Crippen LogP contribution in [0.4, 0.5) is 15.5 Å². The summed E-state index contributed by atoms with van der Waals surface area (Å²) in [7, 11) is 1.98. The third-order valence-electron chi connectivity index (χ3n) is 6.68. The summed E-state index contributed by atoms with van der Waals surface area (Å²) in [5.41, 5.74) is 2.51. The number of aromatic nitrogens is 5. The molecule has 1 aliphatic heterocycles. The molecule has 0 radical (unpaired) electrons. The van der Waals surface area contributed by atoms with E-state index in [1.807, 2.05) is 29.7 Å². The van der Waals surface area contributed by atoms with Crippen LogP contribution in [0.25, 0.3) is 21.6 Å². The van der Waals surface area contributed by atoms with E-state index in [4.69, 9.17) is 31.3 Å². The standard InChI is InChI=1S/C25H27ClFN7OS/c1-4-32(3)25-31-23-22(36-25)21(18-8-5-16(26)9-19(18)27)29-24(30-23)33-11-14(2)35-20(13-33)15-10-28-34(12-15)17-6-7-17/h5,8-10,12,14,17,20H,4,6-7,11,13H2,1-3H3/t14-,20+/m0/s1. The number of fused-ring (bicyclic) bond motifs is 1. The average molecular weight is 528 g/mol. The van der Waals surface area contributed by atoms with E-state index in [1.54, 1.807) is 12.1 Å². The molecule has 0 amide bonds. The van der Waals surface area contributed by atoms with Crippen molar-refractivity contribution in [1.82, 2.24) is 24.7 Å². The van der Waals surface area contributed by atoms with Crippen molar-refractivity contribution < 1.29 is 9.13 Å². The lowest BCUT2D eigenvalue weighted by molar-refractivity contribution is -0.0178. The maximum atomic E-state index is 15.1. The molecule has 11 heteroatoms. The number of rotatable bonds is 6. The van der Waals surface area contributed by atoms with Crippen molar-refractivity contribution in [2.75, 3.05) is 36.5 Å². The van der Waals surface area contributed by atoms with Crippen LogP contribution in [0.5, 0.6) is 0 Å². The van der Waals surface area contributed by atoms with Crippen molar-refractivity contribution >= 4 is 44.4 Å². The van der Waals surface area contributed by atoms with Gasteiger partial charge in [0.2, 0.25) is 5.95 Å². The Bertz CT molecular complexity index is 1420. The van der Waals surface area contributed by atoms with Gasteiger partial charge in [-0.1, -0.05) is 22.9 Å². The van der Waals surface area contributed by atoms with Gasteiger partial charge in [-0.3, -0.25) is 4.68 Å². The predicted octanol–water partition coefficient (Wildman–Crippen LogP) is 5.50. The lowest BCUT2D eigenvalue weighted by Crippen LogP contribution is -2.43. The van der Waals surface area contributed by atoms with E-state index in [-0.39, 0.29) is 12.2 Å². The van der Waals surface area contributed by atoms with Crippen molar-refractivity contribution in [3.63, 3.8) is 0 Å². The molecule has 36 heavy (non-hydrogen) atoms. The molecule has 1 aliphatic carbocycles. The number of thiazole rings is 1. The number of morpholine rings is 1. The van der Waals surface area contributed by atoms with Crippen LogP contribution in [-0.2, 0) is 4.74 Å². The zero-order valence-electron chi connectivity index (χ0n) is 20.4. The molecule has 0 spiro atoms. The molecule has 1 saturated heterocycles. The van der Waals surface area contributed by atoms with Crippen molar-refractivity contribution in [2.24, 2.45) is 0 Å². The van der Waals surface area contributed by atoms with Crippen LogP contribution in [0.15, 0.2) is 30.6 Å². The topological polar surface area (TPSA) is 72.2 Å². The molecule has 0 bridgehead atoms. The van der Waals surface area contributed by atoms with Gasteiger partial charge in [0.25, 0.3) is 0 Å². The van der Waals surface area contributed by atoms with Gasteiger partial charge in [0.1, 0.15) is 16.6 Å². The minimum absolute atomic E-state index is 0.0414. The summed E-state index contributed by atoms with van der Waals surface area (Å²) in [6.45, 7) is 6.08. The lowest BCUT2D eigenvalue weighted by atomic mass is 10.1. The summed E-state index contributed by atoms with van der Waals surface area (Å²) < 4.78 is 24.1. The Hall–Kier alpha value is -2.82. The normalized spacial score (nSPS) is 20.3. The number of nitrogens with zero attached hydrogens (tertiary/aromatic N) is 7. The van der Waals surface area contributed by atoms with Crippen LogP contribution in [-0.4, -0.2) is 57.5 Å². The lowest BCUT2D eigenvalue weighted by Gasteiger charge is -2.36. The molecule has 188 valence electrons. The van der Waals surface area contributed by atoms with Gasteiger partial charge < -0.3 is 14.5 Å². The van der Waals surface area contributed by atoms with Crippen LogP contribution in [0.1, 0.15) is 44.4 Å². The average Bonchev–Trinajstić information content (AvgIpc) is 3.42. The zero-order valence-corrected chi connectivity index (χ0v) is 21.9. The van der Waals surface area contributed by atoms with E-state index in [2.05, 4.69) is 23.1 Å². The Morgan fingerprint density at radius 1 is 1.22 bits per heavy atom. The van der Waals surface area contributed by atoms with Gasteiger partial charge >= 0.3 is 0 Å². The number of ether oxygens (including phenoxy) is 1. The van der Waals surface area contributed by atoms with Crippen LogP contribution in [0.2, 0.25) is 5.02 Å². The van der Waals surface area contributed by atoms with E-state index in [0.29, 0.717) is 47.0 Å². The van der Waals surface area contributed by atoms with E-state index in [0.717, 1.165) is 21.9 Å². The highest BCUT2D eigenvalue weighted by molar-refractivity contribution is 7.22. The molecule has 2 aliphatic rings. The van der Waals surface area contributed by atoms with Crippen LogP contribution in [0.3, 0.4) is 0 Å². The number of anilines is 2. The fourth-order valence-corrected chi connectivity index (χ4v) is 5.66. The molecule has 0 unspecified atom stereocenters. The second-order valence-electron chi connectivity index (χ2n) is 9.48. The van der Waals surface area contributed by atoms with E-state index in [1.165, 1.54) is 30.2 Å². The first-order chi connectivity index (χ1) is 17.4. The Morgan fingerprint density at radius 3 is 2.81 bits per heavy atom. The van der Waals surface area contributed by atoms with E-state index in [9.17, 15) is 0 Å². The predicted molar refractivity (Wildman–Crippen MR) is 141 cm³/mol. The summed E-state index contributed by atoms with van der Waals surface area (Å²) >= 11 is 7.50. The Morgan fingerprint density at radius 2 is 2.06 bits per heavy atom. The molecule has 2 fully saturated rings. The summed E-state index contributed by atoms with van der Waals surface area (Å²) in [5.74, 6) is 0.0885. The second kappa shape index (κ2) is 9.24. The van der Waals surface area contributed by atoms with Crippen molar-refractivity contribution in [3.05, 3.63) is 47.0 Å². The highest BCUT2D eigenvalue weighted by Gasteiger charge is 2.32. The Labute approximate surface area is 217 Å². The highest BCUT2D eigenvalue weighted by atomic mass is 35.5. The van der Waals surface area contributed by atoms with Crippen LogP contribution in [0, 0.1) is 5.82 Å². The number of halogens is 2. The molecule has 0 N–H and O–H groups in total. The quantitative estimate of drug-likeness (QED) is 0.328. The van der Waals surface area contributed by atoms with Gasteiger partial charge in [-0.15, -0.1) is 0 Å². The fraction of sp³-hybridized carbons (Fsp3) is 0.440. The SMILES string of the molecule is CCN(C)c1nc2nc(N3C[C@H](C)O[C@@H](c4cnn(C5CC5)c4)C3)nc(-c3ccc(Cl)cc3F)c2s1. The third kappa shape index (κ3) is 4.42. The van der Waals surface area contributed by atoms with Crippen LogP contribution >= 0.6 is 22.9 Å². The van der Waals surface area contributed by atoms with Gasteiger partial charge in [0, 0.05) is 42.5 Å². The maximum absolute atomic E-state index is 15.1. The summed E-state index contributed by atoms with van der Waals surface area (Å²) in [6, 6.07) is 5.18. The largest absolute Gasteiger partial charge is 0.367 e. The van der Waals surface area contributed by atoms with Crippen LogP contribution < -0.4 is 9.80 Å². The summed E-state index contributed by atoms with van der Waals surface area (Å²) in [4.78, 5) is 18.7. The molecule has 4 heterocycles. The smallest absolute Gasteiger partial charge is 0.228 e. The Balaban J connectivity index is 1.41. The first-order valence-corrected chi connectivity index (χ1v) is 13.4. The second-order valence-corrected chi connectivity index (χ2v) is 10.9. The molecule has 3 aromatic heterocycles. The molecule has 1 aromatic carbocycles. The van der Waals surface area contributed by atoms with Crippen molar-refractivity contribution in [2.45, 2.75) is 44.9 Å². The maximum Gasteiger partial charge on any atom is 0.228 e. The Kier molecular flexibility index (Phi) is 6.05. The first-order valence-electron chi connectivity index (χ1n) is 12.2. The molecule has 8 nitrogen and oxygen atoms in total. The van der Waals surface area contributed by atoms with Gasteiger partial charge in [0.05, 0.1) is 30.6 Å². The third-order valence-corrected chi connectivity index (χ3v) is 8.08. The van der Waals surface area contributed by atoms with Gasteiger partial charge in [0.15, 0.2) is 10.8 Å². The zero-order chi connectivity index (χ0) is 25.0. The number of hydrogen-bond acceptors (Lipinski definition) is 8. The van der Waals surface area contributed by atoms with E-state index < -0.39 is 5.82 Å². The van der Waals surface area contributed by atoms with Crippen molar-refractivity contribution in [3.8, 4) is 11.3 Å². The fourth-order valence-electron chi connectivity index (χ4n) is 4.46. The minimum atomic E-state index is -0.423. The van der Waals surface area contributed by atoms with Gasteiger partial charge in [-0.05, 0) is 44.9 Å². The molecule has 2 atom stereocenters.